The number of nitrogen functional groups attached to an aromatic ring is 1. The monoisotopic (exact) mass is 219 g/mol. The van der Waals surface area contributed by atoms with E-state index in [2.05, 4.69) is 10.1 Å². The Morgan fingerprint density at radius 1 is 1.47 bits per heavy atom. The lowest BCUT2D eigenvalue weighted by Crippen LogP contribution is -1.99. The topological polar surface area (TPSA) is 80.5 Å². The molecule has 2 heterocycles. The van der Waals surface area contributed by atoms with Crippen molar-refractivity contribution >= 4 is 17.4 Å². The fourth-order valence-corrected chi connectivity index (χ4v) is 1.23. The highest BCUT2D eigenvalue weighted by molar-refractivity contribution is 6.32. The normalized spacial score (nSPS) is 9.87. The van der Waals surface area contributed by atoms with Gasteiger partial charge in [0, 0.05) is 0 Å². The summed E-state index contributed by atoms with van der Waals surface area (Å²) < 4.78 is 1.43. The summed E-state index contributed by atoms with van der Waals surface area (Å²) in [6.45, 7) is 0. The summed E-state index contributed by atoms with van der Waals surface area (Å²) in [7, 11) is 0. The summed E-state index contributed by atoms with van der Waals surface area (Å²) in [5.74, 6) is 0.744. The van der Waals surface area contributed by atoms with Gasteiger partial charge in [0.05, 0.1) is 6.20 Å². The first kappa shape index (κ1) is 9.49. The molecule has 2 aromatic rings. The molecule has 2 N–H and O–H groups in total. The highest BCUT2D eigenvalue weighted by Gasteiger charge is 2.05. The van der Waals surface area contributed by atoms with Gasteiger partial charge in [-0.05, 0) is 12.1 Å². The predicted molar refractivity (Wildman–Crippen MR) is 55.5 cm³/mol. The zero-order valence-corrected chi connectivity index (χ0v) is 8.31. The molecule has 0 spiro atoms. The molecule has 74 valence electrons. The van der Waals surface area contributed by atoms with E-state index < -0.39 is 0 Å². The smallest absolute Gasteiger partial charge is 0.164 e. The summed E-state index contributed by atoms with van der Waals surface area (Å²) in [5.41, 5.74) is 5.81. The third-order valence-electron chi connectivity index (χ3n) is 1.78. The van der Waals surface area contributed by atoms with Gasteiger partial charge in [0.15, 0.2) is 11.6 Å². The highest BCUT2D eigenvalue weighted by atomic mass is 35.5. The quantitative estimate of drug-likeness (QED) is 0.786. The Balaban J connectivity index is 2.50. The first-order chi connectivity index (χ1) is 7.20. The van der Waals surface area contributed by atoms with Crippen LogP contribution in [0.1, 0.15) is 5.69 Å². The van der Waals surface area contributed by atoms with Gasteiger partial charge in [-0.1, -0.05) is 17.7 Å². The van der Waals surface area contributed by atoms with Gasteiger partial charge in [-0.3, -0.25) is 0 Å². The van der Waals surface area contributed by atoms with E-state index in [-0.39, 0.29) is 5.82 Å². The van der Waals surface area contributed by atoms with Crippen molar-refractivity contribution in [1.29, 1.82) is 5.26 Å². The third kappa shape index (κ3) is 1.75. The molecule has 0 aromatic carbocycles. The maximum absolute atomic E-state index is 8.68. The molecule has 0 radical (unpaired) electrons. The summed E-state index contributed by atoms with van der Waals surface area (Å²) in [4.78, 5) is 4.04. The molecular formula is C9H6ClN5. The van der Waals surface area contributed by atoms with E-state index in [0.717, 1.165) is 0 Å². The minimum atomic E-state index is 0.237. The average Bonchev–Trinajstić information content (AvgIpc) is 2.59. The number of anilines is 1. The fraction of sp³-hybridized carbons (Fsp3) is 0. The van der Waals surface area contributed by atoms with Crippen LogP contribution in [0, 0.1) is 11.3 Å². The molecule has 15 heavy (non-hydrogen) atoms. The van der Waals surface area contributed by atoms with Gasteiger partial charge >= 0.3 is 0 Å². The van der Waals surface area contributed by atoms with E-state index in [1.54, 1.807) is 24.4 Å². The van der Waals surface area contributed by atoms with Gasteiger partial charge in [-0.15, -0.1) is 5.10 Å². The zero-order chi connectivity index (χ0) is 10.8. The van der Waals surface area contributed by atoms with Gasteiger partial charge in [-0.2, -0.15) is 5.26 Å². The van der Waals surface area contributed by atoms with Gasteiger partial charge in [-0.25, -0.2) is 9.67 Å². The number of hydrogen-bond donors (Lipinski definition) is 1. The van der Waals surface area contributed by atoms with Crippen LogP contribution in [0.3, 0.4) is 0 Å². The molecule has 0 saturated carbocycles. The van der Waals surface area contributed by atoms with Crippen LogP contribution in [0.5, 0.6) is 0 Å². The van der Waals surface area contributed by atoms with Crippen molar-refractivity contribution in [2.24, 2.45) is 0 Å². The molecule has 0 aliphatic rings. The molecule has 0 aliphatic heterocycles. The van der Waals surface area contributed by atoms with Crippen LogP contribution in [0.15, 0.2) is 24.4 Å². The van der Waals surface area contributed by atoms with Crippen LogP contribution >= 0.6 is 11.6 Å². The van der Waals surface area contributed by atoms with Gasteiger partial charge in [0.1, 0.15) is 16.8 Å². The molecule has 0 atom stereocenters. The Labute approximate surface area is 90.7 Å². The molecule has 0 amide bonds. The Bertz CT molecular complexity index is 520. The van der Waals surface area contributed by atoms with Crippen LogP contribution in [0.2, 0.25) is 5.02 Å². The summed E-state index contributed by atoms with van der Waals surface area (Å²) in [5, 5.41) is 13.0. The number of nitrogens with zero attached hydrogens (tertiary/aromatic N) is 4. The average molecular weight is 220 g/mol. The number of nitriles is 1. The lowest BCUT2D eigenvalue weighted by Gasteiger charge is -1.98. The van der Waals surface area contributed by atoms with E-state index in [4.69, 9.17) is 22.6 Å². The second-order valence-electron chi connectivity index (χ2n) is 2.80. The number of nitrogens with two attached hydrogens (primary N) is 1. The number of rotatable bonds is 1. The van der Waals surface area contributed by atoms with Gasteiger partial charge in [0.2, 0.25) is 0 Å². The van der Waals surface area contributed by atoms with Crippen LogP contribution in [-0.4, -0.2) is 14.8 Å². The highest BCUT2D eigenvalue weighted by Crippen LogP contribution is 2.17. The minimum Gasteiger partial charge on any atom is -0.381 e. The Hall–Kier alpha value is -2.06. The van der Waals surface area contributed by atoms with E-state index >= 15 is 0 Å². The van der Waals surface area contributed by atoms with Crippen LogP contribution in [-0.2, 0) is 0 Å². The third-order valence-corrected chi connectivity index (χ3v) is 2.07. The van der Waals surface area contributed by atoms with Crippen molar-refractivity contribution in [3.05, 3.63) is 35.1 Å². The van der Waals surface area contributed by atoms with Crippen molar-refractivity contribution < 1.29 is 0 Å². The lowest BCUT2D eigenvalue weighted by atomic mass is 10.4. The second kappa shape index (κ2) is 3.59. The molecule has 0 saturated heterocycles. The first-order valence-corrected chi connectivity index (χ1v) is 4.46. The largest absolute Gasteiger partial charge is 0.381 e. The SMILES string of the molecule is N#Cc1cccc(-n2cc(Cl)c(N)n2)n1. The van der Waals surface area contributed by atoms with Crippen LogP contribution < -0.4 is 5.73 Å². The Morgan fingerprint density at radius 2 is 2.27 bits per heavy atom. The van der Waals surface area contributed by atoms with Crippen molar-refractivity contribution in [2.45, 2.75) is 0 Å². The molecule has 2 aromatic heterocycles. The fourth-order valence-electron chi connectivity index (χ4n) is 1.10. The summed E-state index contributed by atoms with van der Waals surface area (Å²) in [6.07, 6.45) is 1.54. The number of hydrogen-bond acceptors (Lipinski definition) is 4. The summed E-state index contributed by atoms with van der Waals surface area (Å²) in [6, 6.07) is 6.98. The first-order valence-electron chi connectivity index (χ1n) is 4.09. The van der Waals surface area contributed by atoms with Crippen molar-refractivity contribution in [1.82, 2.24) is 14.8 Å². The molecular weight excluding hydrogens is 214 g/mol. The number of pyridine rings is 1. The number of halogens is 1. The lowest BCUT2D eigenvalue weighted by molar-refractivity contribution is 0.849. The number of aromatic nitrogens is 3. The predicted octanol–water partition coefficient (Wildman–Crippen LogP) is 1.37. The Kier molecular flexibility index (Phi) is 2.27. The molecule has 0 fully saturated rings. The van der Waals surface area contributed by atoms with Crippen molar-refractivity contribution in [3.63, 3.8) is 0 Å². The van der Waals surface area contributed by atoms with E-state index in [1.165, 1.54) is 4.68 Å². The standard InChI is InChI=1S/C9H6ClN5/c10-7-5-15(14-9(7)12)8-3-1-2-6(4-11)13-8/h1-3,5H,(H2,12,14). The van der Waals surface area contributed by atoms with E-state index in [0.29, 0.717) is 16.5 Å². The summed E-state index contributed by atoms with van der Waals surface area (Å²) >= 11 is 5.75. The molecule has 5 nitrogen and oxygen atoms in total. The van der Waals surface area contributed by atoms with Gasteiger partial charge in [0.25, 0.3) is 0 Å². The van der Waals surface area contributed by atoms with E-state index in [1.807, 2.05) is 6.07 Å². The molecule has 0 bridgehead atoms. The maximum atomic E-state index is 8.68. The van der Waals surface area contributed by atoms with Gasteiger partial charge < -0.3 is 5.73 Å². The molecule has 6 heteroatoms. The molecule has 0 unspecified atom stereocenters. The molecule has 0 aliphatic carbocycles. The maximum Gasteiger partial charge on any atom is 0.164 e. The van der Waals surface area contributed by atoms with Crippen LogP contribution in [0.25, 0.3) is 5.82 Å². The van der Waals surface area contributed by atoms with Crippen LogP contribution in [0.4, 0.5) is 5.82 Å². The minimum absolute atomic E-state index is 0.237. The second-order valence-corrected chi connectivity index (χ2v) is 3.21. The molecule has 2 rings (SSSR count). The van der Waals surface area contributed by atoms with Crippen molar-refractivity contribution in [2.75, 3.05) is 5.73 Å². The van der Waals surface area contributed by atoms with Crippen molar-refractivity contribution in [3.8, 4) is 11.9 Å². The van der Waals surface area contributed by atoms with E-state index in [9.17, 15) is 0 Å². The Morgan fingerprint density at radius 3 is 2.87 bits per heavy atom. The zero-order valence-electron chi connectivity index (χ0n) is 7.55.